The number of nitrogens with zero attached hydrogens (tertiary/aromatic N) is 1. The van der Waals surface area contributed by atoms with Gasteiger partial charge in [0.25, 0.3) is 0 Å². The molecule has 4 rings (SSSR count). The molecule has 1 aliphatic heterocycles. The zero-order valence-electron chi connectivity index (χ0n) is 17.8. The van der Waals surface area contributed by atoms with E-state index in [4.69, 9.17) is 14.5 Å². The molecule has 166 valence electrons. The number of benzene rings is 3. The van der Waals surface area contributed by atoms with Crippen molar-refractivity contribution in [2.75, 3.05) is 13.7 Å². The number of aliphatic imine (C=N–C) groups is 1. The molecule has 0 unspecified atom stereocenters. The summed E-state index contributed by atoms with van der Waals surface area (Å²) in [5.41, 5.74) is 3.79. The first kappa shape index (κ1) is 22.8. The zero-order chi connectivity index (χ0) is 22.7. The molecule has 2 atom stereocenters. The van der Waals surface area contributed by atoms with Crippen molar-refractivity contribution in [3.8, 4) is 17.2 Å². The highest BCUT2D eigenvalue weighted by molar-refractivity contribution is 9.10. The monoisotopic (exact) mass is 558 g/mol. The van der Waals surface area contributed by atoms with E-state index in [9.17, 15) is 5.11 Å². The van der Waals surface area contributed by atoms with Crippen molar-refractivity contribution < 1.29 is 14.6 Å². The van der Waals surface area contributed by atoms with Gasteiger partial charge in [-0.05, 0) is 64.3 Å². The standard InChI is InChI=1S/C25H24Br2N2O3/c1-3-32-23-9-5-8-18(24(23)30)21-14-20(15-6-4-7-17(26)12-15)28-25(29-21)16-10-11-22(31-2)19(27)13-16/h4-13,21,25,29-30H,3,14H2,1-2H3/t21-,25-/m1/s1. The Hall–Kier alpha value is -2.35. The molecule has 7 heteroatoms. The van der Waals surface area contributed by atoms with Gasteiger partial charge in [0.1, 0.15) is 11.9 Å². The molecule has 0 spiro atoms. The minimum atomic E-state index is -0.292. The van der Waals surface area contributed by atoms with Crippen LogP contribution in [0.4, 0.5) is 0 Å². The molecule has 5 nitrogen and oxygen atoms in total. The first-order chi connectivity index (χ1) is 15.5. The summed E-state index contributed by atoms with van der Waals surface area (Å²) in [6.45, 7) is 2.39. The summed E-state index contributed by atoms with van der Waals surface area (Å²) in [6, 6.07) is 19.5. The van der Waals surface area contributed by atoms with Crippen LogP contribution in [0.15, 0.2) is 74.6 Å². The number of nitrogens with one attached hydrogen (secondary N) is 1. The molecule has 0 saturated heterocycles. The van der Waals surface area contributed by atoms with E-state index in [0.717, 1.165) is 37.1 Å². The second-order valence-corrected chi connectivity index (χ2v) is 9.20. The largest absolute Gasteiger partial charge is 0.504 e. The normalized spacial score (nSPS) is 18.2. The van der Waals surface area contributed by atoms with E-state index in [0.29, 0.717) is 18.8 Å². The molecule has 3 aromatic rings. The minimum absolute atomic E-state index is 0.146. The lowest BCUT2D eigenvalue weighted by atomic mass is 9.93. The van der Waals surface area contributed by atoms with E-state index in [2.05, 4.69) is 49.3 Å². The summed E-state index contributed by atoms with van der Waals surface area (Å²) in [4.78, 5) is 5.03. The number of halogens is 2. The average Bonchev–Trinajstić information content (AvgIpc) is 2.80. The number of para-hydroxylation sites is 1. The van der Waals surface area contributed by atoms with Crippen molar-refractivity contribution >= 4 is 37.6 Å². The highest BCUT2D eigenvalue weighted by Crippen LogP contribution is 2.39. The number of hydrogen-bond donors (Lipinski definition) is 2. The quantitative estimate of drug-likeness (QED) is 0.359. The maximum absolute atomic E-state index is 10.9. The lowest BCUT2D eigenvalue weighted by Crippen LogP contribution is -2.33. The molecular formula is C25H24Br2N2O3. The van der Waals surface area contributed by atoms with Gasteiger partial charge in [-0.15, -0.1) is 0 Å². The first-order valence-electron chi connectivity index (χ1n) is 10.4. The fourth-order valence-corrected chi connectivity index (χ4v) is 4.82. The molecule has 0 amide bonds. The molecule has 0 saturated carbocycles. The number of aromatic hydroxyl groups is 1. The van der Waals surface area contributed by atoms with Crippen LogP contribution >= 0.6 is 31.9 Å². The lowest BCUT2D eigenvalue weighted by molar-refractivity contribution is 0.313. The van der Waals surface area contributed by atoms with Gasteiger partial charge in [-0.1, -0.05) is 46.3 Å². The molecule has 0 radical (unpaired) electrons. The third-order valence-corrected chi connectivity index (χ3v) is 6.51. The molecule has 32 heavy (non-hydrogen) atoms. The van der Waals surface area contributed by atoms with Crippen LogP contribution in [-0.4, -0.2) is 24.5 Å². The van der Waals surface area contributed by atoms with E-state index in [1.54, 1.807) is 13.2 Å². The van der Waals surface area contributed by atoms with Crippen LogP contribution in [0.1, 0.15) is 42.2 Å². The van der Waals surface area contributed by atoms with Gasteiger partial charge in [0.05, 0.1) is 18.2 Å². The average molecular weight is 560 g/mol. The summed E-state index contributed by atoms with van der Waals surface area (Å²) in [5.74, 6) is 1.42. The van der Waals surface area contributed by atoms with Crippen LogP contribution < -0.4 is 14.8 Å². The van der Waals surface area contributed by atoms with Gasteiger partial charge in [0, 0.05) is 28.2 Å². The van der Waals surface area contributed by atoms with Gasteiger partial charge >= 0.3 is 0 Å². The Kier molecular flexibility index (Phi) is 7.18. The molecule has 3 aromatic carbocycles. The molecule has 0 aromatic heterocycles. The number of rotatable bonds is 6. The van der Waals surface area contributed by atoms with Gasteiger partial charge in [0.15, 0.2) is 11.5 Å². The van der Waals surface area contributed by atoms with Gasteiger partial charge < -0.3 is 14.6 Å². The Labute approximate surface area is 204 Å². The van der Waals surface area contributed by atoms with Crippen molar-refractivity contribution in [3.05, 3.63) is 86.3 Å². The first-order valence-corrected chi connectivity index (χ1v) is 12.0. The van der Waals surface area contributed by atoms with Gasteiger partial charge in [-0.25, -0.2) is 0 Å². The van der Waals surface area contributed by atoms with E-state index >= 15 is 0 Å². The lowest BCUT2D eigenvalue weighted by Gasteiger charge is -2.31. The molecule has 0 aliphatic carbocycles. The number of phenols is 1. The van der Waals surface area contributed by atoms with E-state index < -0.39 is 0 Å². The molecule has 0 fully saturated rings. The summed E-state index contributed by atoms with van der Waals surface area (Å²) >= 11 is 7.14. The van der Waals surface area contributed by atoms with Crippen LogP contribution in [0, 0.1) is 0 Å². The fraction of sp³-hybridized carbons (Fsp3) is 0.240. The van der Waals surface area contributed by atoms with E-state index in [-0.39, 0.29) is 18.0 Å². The predicted octanol–water partition coefficient (Wildman–Crippen LogP) is 6.55. The minimum Gasteiger partial charge on any atom is -0.504 e. The zero-order valence-corrected chi connectivity index (χ0v) is 21.0. The highest BCUT2D eigenvalue weighted by atomic mass is 79.9. The molecular weight excluding hydrogens is 536 g/mol. The van der Waals surface area contributed by atoms with Crippen LogP contribution in [-0.2, 0) is 0 Å². The smallest absolute Gasteiger partial charge is 0.162 e. The summed E-state index contributed by atoms with van der Waals surface area (Å²) in [6.07, 6.45) is 0.341. The Balaban J connectivity index is 1.77. The van der Waals surface area contributed by atoms with Crippen molar-refractivity contribution in [2.24, 2.45) is 4.99 Å². The Morgan fingerprint density at radius 3 is 2.59 bits per heavy atom. The van der Waals surface area contributed by atoms with E-state index in [1.165, 1.54) is 0 Å². The van der Waals surface area contributed by atoms with Crippen molar-refractivity contribution in [2.45, 2.75) is 25.6 Å². The summed E-state index contributed by atoms with van der Waals surface area (Å²) in [7, 11) is 1.65. The third-order valence-electron chi connectivity index (χ3n) is 5.40. The van der Waals surface area contributed by atoms with Crippen molar-refractivity contribution in [1.29, 1.82) is 0 Å². The van der Waals surface area contributed by atoms with Crippen LogP contribution in [0.3, 0.4) is 0 Å². The second kappa shape index (κ2) is 10.1. The number of ether oxygens (including phenoxy) is 2. The molecule has 2 N–H and O–H groups in total. The number of hydrogen-bond acceptors (Lipinski definition) is 5. The molecule has 1 aliphatic rings. The van der Waals surface area contributed by atoms with Gasteiger partial charge in [0.2, 0.25) is 0 Å². The number of methoxy groups -OCH3 is 1. The maximum atomic E-state index is 10.9. The SMILES string of the molecule is CCOc1cccc([C@H]2CC(c3cccc(Br)c3)=N[C@@H](c3ccc(OC)c(Br)c3)N2)c1O. The highest BCUT2D eigenvalue weighted by Gasteiger charge is 2.29. The molecule has 0 bridgehead atoms. The van der Waals surface area contributed by atoms with Crippen LogP contribution in [0.2, 0.25) is 0 Å². The van der Waals surface area contributed by atoms with Crippen molar-refractivity contribution in [1.82, 2.24) is 5.32 Å². The fourth-order valence-electron chi connectivity index (χ4n) is 3.86. The van der Waals surface area contributed by atoms with Crippen molar-refractivity contribution in [3.63, 3.8) is 0 Å². The summed E-state index contributed by atoms with van der Waals surface area (Å²) < 4.78 is 12.9. The van der Waals surface area contributed by atoms with Crippen LogP contribution in [0.25, 0.3) is 0 Å². The van der Waals surface area contributed by atoms with E-state index in [1.807, 2.05) is 49.4 Å². The maximum Gasteiger partial charge on any atom is 0.162 e. The van der Waals surface area contributed by atoms with Crippen LogP contribution in [0.5, 0.6) is 17.2 Å². The topological polar surface area (TPSA) is 63.1 Å². The third kappa shape index (κ3) is 4.85. The predicted molar refractivity (Wildman–Crippen MR) is 134 cm³/mol. The Morgan fingerprint density at radius 1 is 1.06 bits per heavy atom. The molecule has 1 heterocycles. The van der Waals surface area contributed by atoms with Gasteiger partial charge in [-0.2, -0.15) is 0 Å². The van der Waals surface area contributed by atoms with Gasteiger partial charge in [-0.3, -0.25) is 10.3 Å². The number of phenolic OH excluding ortho intramolecular Hbond substituents is 1. The summed E-state index contributed by atoms with van der Waals surface area (Å²) in [5, 5.41) is 14.5. The Morgan fingerprint density at radius 2 is 1.88 bits per heavy atom. The second-order valence-electron chi connectivity index (χ2n) is 7.43. The Bertz CT molecular complexity index is 1150.